The van der Waals surface area contributed by atoms with E-state index < -0.39 is 155 Å². The number of nitrogens with one attached hydrogen (secondary N) is 11. The van der Waals surface area contributed by atoms with Gasteiger partial charge in [-0.3, -0.25) is 57.5 Å². The Bertz CT molecular complexity index is 3900. The van der Waals surface area contributed by atoms with Crippen LogP contribution in [0.15, 0.2) is 115 Å². The highest BCUT2D eigenvalue weighted by atomic mass is 16.4. The van der Waals surface area contributed by atoms with Crippen LogP contribution in [0.5, 0.6) is 5.75 Å². The van der Waals surface area contributed by atoms with Crippen LogP contribution in [0.3, 0.4) is 0 Å². The molecule has 5 rings (SSSR count). The molecule has 668 valence electrons. The Labute approximate surface area is 713 Å². The first-order chi connectivity index (χ1) is 57.7. The zero-order valence-electron chi connectivity index (χ0n) is 71.9. The number of hydrogen-bond donors (Lipinski definition) is 18. The summed E-state index contributed by atoms with van der Waals surface area (Å²) in [6.45, 7) is 16.1. The van der Waals surface area contributed by atoms with Crippen LogP contribution in [0.2, 0.25) is 0 Å². The molecule has 13 atom stereocenters. The van der Waals surface area contributed by atoms with Crippen molar-refractivity contribution in [3.05, 3.63) is 138 Å². The zero-order chi connectivity index (χ0) is 89.1. The Hall–Kier alpha value is -10.4. The number of carbonyl (C=O) groups excluding carboxylic acids is 12. The van der Waals surface area contributed by atoms with Crippen LogP contribution >= 0.6 is 0 Å². The minimum atomic E-state index is -1.44. The molecule has 23 N–H and O–H groups in total. The molecule has 121 heavy (non-hydrogen) atoms. The summed E-state index contributed by atoms with van der Waals surface area (Å²) in [6, 6.07) is 15.9. The number of carboxylic acid groups (broad SMARTS) is 1. The molecule has 1 fully saturated rings. The summed E-state index contributed by atoms with van der Waals surface area (Å²) >= 11 is 0. The van der Waals surface area contributed by atoms with E-state index in [1.807, 2.05) is 55.4 Å². The van der Waals surface area contributed by atoms with Crippen molar-refractivity contribution in [2.24, 2.45) is 52.3 Å². The Morgan fingerprint density at radius 3 is 0.959 bits per heavy atom. The van der Waals surface area contributed by atoms with Gasteiger partial charge in [-0.1, -0.05) is 165 Å². The minimum Gasteiger partial charge on any atom is -0.508 e. The third-order valence-corrected chi connectivity index (χ3v) is 21.0. The lowest BCUT2D eigenvalue weighted by atomic mass is 9.98. The van der Waals surface area contributed by atoms with E-state index in [1.54, 1.807) is 103 Å². The van der Waals surface area contributed by atoms with Gasteiger partial charge in [0.2, 0.25) is 70.9 Å². The van der Waals surface area contributed by atoms with Crippen molar-refractivity contribution in [1.29, 1.82) is 0 Å². The largest absolute Gasteiger partial charge is 0.508 e. The number of phenolic OH excluding ortho intramolecular Hbond substituents is 1. The second-order valence-corrected chi connectivity index (χ2v) is 33.4. The summed E-state index contributed by atoms with van der Waals surface area (Å²) in [7, 11) is 0. The number of nitrogens with zero attached hydrogens (tertiary/aromatic N) is 1. The number of nitrogens with two attached hydrogens (primary N) is 5. The maximum Gasteiger partial charge on any atom is 0.326 e. The van der Waals surface area contributed by atoms with Crippen LogP contribution in [0.25, 0.3) is 0 Å². The molecule has 0 aliphatic carbocycles. The number of phenols is 1. The van der Waals surface area contributed by atoms with Gasteiger partial charge in [-0.15, -0.1) is 0 Å². The molecule has 1 heterocycles. The monoisotopic (exact) mass is 1680 g/mol. The van der Waals surface area contributed by atoms with Gasteiger partial charge in [-0.05, 0) is 193 Å². The van der Waals surface area contributed by atoms with E-state index >= 15 is 14.4 Å². The number of amides is 12. The molecule has 4 aromatic carbocycles. The molecule has 0 radical (unpaired) electrons. The minimum absolute atomic E-state index is 0.0234. The maximum atomic E-state index is 15.2. The molecule has 1 aliphatic heterocycles. The van der Waals surface area contributed by atoms with E-state index in [4.69, 9.17) is 28.7 Å². The smallest absolute Gasteiger partial charge is 0.326 e. The molecule has 0 spiro atoms. The van der Waals surface area contributed by atoms with Crippen LogP contribution in [-0.2, 0) is 88.0 Å². The molecule has 12 amide bonds. The lowest BCUT2D eigenvalue weighted by molar-refractivity contribution is -0.143. The Kier molecular flexibility index (Phi) is 45.2. The van der Waals surface area contributed by atoms with Crippen molar-refractivity contribution in [2.75, 3.05) is 32.7 Å². The molecular formula is C89H137N17O15. The fourth-order valence-corrected chi connectivity index (χ4v) is 14.5. The number of carbonyl (C=O) groups is 13. The SMILES string of the molecule is CC(C)C[C@H](NC(=O)[C@H](CCCCN)NC(=O)[C@H](CCCCN)NC(=O)[C@H](CCCCN)NC(=O)[C@@H](N)CCCCN)C(=O)N[C@@H](CC(C)C)C(=O)N[C@@H](CC(C)C)C(=O)N1CCC[C@H]1C(=O)N[C@@H](Cc1ccc(O)cc1)C(=O)N[C@@H](CC(C)C)C(=O)N[C@@H](Cc1ccccc1)C(=O)N[C@@H](Cc1ccccc1)C(=O)N[C@@H](Cc1ccccc1)C(=O)O. The number of benzene rings is 4. The highest BCUT2D eigenvalue weighted by molar-refractivity contribution is 6.00. The molecule has 1 saturated heterocycles. The second kappa shape index (κ2) is 54.1. The fourth-order valence-electron chi connectivity index (χ4n) is 14.5. The number of unbranched alkanes of at least 4 members (excludes halogenated alkanes) is 4. The number of aliphatic carboxylic acids is 1. The predicted molar refractivity (Wildman–Crippen MR) is 463 cm³/mol. The van der Waals surface area contributed by atoms with Crippen LogP contribution in [0.1, 0.15) is 193 Å². The van der Waals surface area contributed by atoms with Gasteiger partial charge in [0, 0.05) is 32.2 Å². The van der Waals surface area contributed by atoms with Crippen LogP contribution in [0.4, 0.5) is 0 Å². The molecule has 0 aromatic heterocycles. The lowest BCUT2D eigenvalue weighted by Crippen LogP contribution is -2.61. The quantitative estimate of drug-likeness (QED) is 0.0282. The first-order valence-electron chi connectivity index (χ1n) is 43.1. The van der Waals surface area contributed by atoms with E-state index in [0.717, 1.165) is 0 Å². The number of hydrogen-bond acceptors (Lipinski definition) is 19. The average Bonchev–Trinajstić information content (AvgIpc) is 1.73. The van der Waals surface area contributed by atoms with E-state index in [-0.39, 0.29) is 120 Å². The molecule has 0 unspecified atom stereocenters. The highest BCUT2D eigenvalue weighted by Gasteiger charge is 2.42. The standard InChI is InChI=1S/C89H137N17O15/c1-55(2)47-68(98-80(111)67(36-21-25-45-93)97-79(110)66(35-20-24-44-92)96-78(109)65(34-19-23-43-91)95-77(108)64(94)33-18-22-42-90)81(112)99-70(49-57(5)6)83(114)104-74(50-58(7)8)88(119)106-46-26-37-76(106)87(118)103-73(53-62-38-40-63(107)41-39-62)85(116)100-69(48-56(3)4)82(113)101-71(51-59-27-12-9-13-28-59)84(115)102-72(52-60-29-14-10-15-30-60)86(117)105-75(89(120)121)54-61-31-16-11-17-32-61/h9-17,27-32,38-41,55-58,64-76,107H,18-26,33-37,42-54,90-94H2,1-8H3,(H,95,108)(H,96,109)(H,97,110)(H,98,111)(H,99,112)(H,100,116)(H,101,113)(H,102,115)(H,103,118)(H,104,114)(H,105,117)(H,120,121)/t64-,65-,66-,67-,68-,69-,70-,71-,72-,73-,74-,75-,76-/m0/s1. The summed E-state index contributed by atoms with van der Waals surface area (Å²) in [5, 5.41) is 51.6. The van der Waals surface area contributed by atoms with Crippen molar-refractivity contribution < 1.29 is 72.5 Å². The van der Waals surface area contributed by atoms with Gasteiger partial charge in [-0.2, -0.15) is 0 Å². The van der Waals surface area contributed by atoms with Gasteiger partial charge in [0.15, 0.2) is 0 Å². The molecule has 4 aromatic rings. The van der Waals surface area contributed by atoms with Crippen LogP contribution in [-0.4, -0.2) is 203 Å². The average molecular weight is 1690 g/mol. The fraction of sp³-hybridized carbons (Fsp3) is 0.584. The maximum absolute atomic E-state index is 15.2. The Morgan fingerprint density at radius 1 is 0.339 bits per heavy atom. The Morgan fingerprint density at radius 2 is 0.612 bits per heavy atom. The Balaban J connectivity index is 1.39. The zero-order valence-corrected chi connectivity index (χ0v) is 71.9. The molecule has 32 heteroatoms. The van der Waals surface area contributed by atoms with Gasteiger partial charge in [0.25, 0.3) is 0 Å². The summed E-state index contributed by atoms with van der Waals surface area (Å²) < 4.78 is 0. The van der Waals surface area contributed by atoms with Crippen molar-refractivity contribution in [3.8, 4) is 5.75 Å². The van der Waals surface area contributed by atoms with Crippen molar-refractivity contribution >= 4 is 76.9 Å². The van der Waals surface area contributed by atoms with Gasteiger partial charge < -0.3 is 102 Å². The number of carboxylic acids is 1. The third kappa shape index (κ3) is 36.8. The van der Waals surface area contributed by atoms with E-state index in [2.05, 4.69) is 58.5 Å². The van der Waals surface area contributed by atoms with E-state index in [0.29, 0.717) is 106 Å². The van der Waals surface area contributed by atoms with Crippen molar-refractivity contribution in [1.82, 2.24) is 63.4 Å². The highest BCUT2D eigenvalue weighted by Crippen LogP contribution is 2.24. The van der Waals surface area contributed by atoms with E-state index in [9.17, 15) is 58.2 Å². The van der Waals surface area contributed by atoms with Gasteiger partial charge in [0.1, 0.15) is 78.3 Å². The van der Waals surface area contributed by atoms with Crippen LogP contribution in [0, 0.1) is 23.7 Å². The topological polar surface area (TPSA) is 528 Å². The van der Waals surface area contributed by atoms with Gasteiger partial charge >= 0.3 is 5.97 Å². The lowest BCUT2D eigenvalue weighted by Gasteiger charge is -2.32. The van der Waals surface area contributed by atoms with Crippen molar-refractivity contribution in [3.63, 3.8) is 0 Å². The second-order valence-electron chi connectivity index (χ2n) is 33.4. The van der Waals surface area contributed by atoms with Crippen molar-refractivity contribution in [2.45, 2.75) is 275 Å². The summed E-state index contributed by atoms with van der Waals surface area (Å²) in [4.78, 5) is 190. The molecular weight excluding hydrogens is 1550 g/mol. The van der Waals surface area contributed by atoms with Gasteiger partial charge in [0.05, 0.1) is 6.04 Å². The molecule has 1 aliphatic rings. The summed E-state index contributed by atoms with van der Waals surface area (Å²) in [5.74, 6) is -10.9. The predicted octanol–water partition coefficient (Wildman–Crippen LogP) is 3.10. The van der Waals surface area contributed by atoms with E-state index in [1.165, 1.54) is 17.0 Å². The molecule has 0 saturated carbocycles. The number of rotatable bonds is 56. The van der Waals surface area contributed by atoms with Crippen LogP contribution < -0.4 is 87.2 Å². The molecule has 0 bridgehead atoms. The first-order valence-corrected chi connectivity index (χ1v) is 43.1. The number of likely N-dealkylation sites (tertiary alicyclic amines) is 1. The first kappa shape index (κ1) is 101. The summed E-state index contributed by atoms with van der Waals surface area (Å²) in [6.07, 6.45) is 5.12. The normalized spacial score (nSPS) is 15.6. The number of aromatic hydroxyl groups is 1. The molecule has 32 nitrogen and oxygen atoms in total. The third-order valence-electron chi connectivity index (χ3n) is 21.0. The summed E-state index contributed by atoms with van der Waals surface area (Å²) in [5.41, 5.74) is 31.8. The van der Waals surface area contributed by atoms with Gasteiger partial charge in [-0.25, -0.2) is 4.79 Å².